The van der Waals surface area contributed by atoms with E-state index in [4.69, 9.17) is 0 Å². The summed E-state index contributed by atoms with van der Waals surface area (Å²) in [6, 6.07) is 0. The summed E-state index contributed by atoms with van der Waals surface area (Å²) >= 11 is 0. The molecule has 0 aromatic carbocycles. The lowest BCUT2D eigenvalue weighted by Crippen LogP contribution is -2.43. The average Bonchev–Trinajstić information content (AvgIpc) is 2.30. The lowest BCUT2D eigenvalue weighted by atomic mass is 10.4. The average molecular weight is 241 g/mol. The highest BCUT2D eigenvalue weighted by molar-refractivity contribution is 5.85. The van der Waals surface area contributed by atoms with Crippen LogP contribution in [0.1, 0.15) is 13.8 Å². The molecule has 0 aromatic heterocycles. The van der Waals surface area contributed by atoms with Crippen LogP contribution in [0.5, 0.6) is 0 Å². The molecule has 0 saturated heterocycles. The maximum Gasteiger partial charge on any atom is 0.242 e. The van der Waals surface area contributed by atoms with Gasteiger partial charge in [-0.05, 0) is 13.8 Å². The minimum atomic E-state index is -0.0904. The van der Waals surface area contributed by atoms with Crippen LogP contribution in [0, 0.1) is 0 Å². The van der Waals surface area contributed by atoms with Crippen molar-refractivity contribution in [2.24, 2.45) is 0 Å². The van der Waals surface area contributed by atoms with Gasteiger partial charge in [-0.1, -0.05) is 6.08 Å². The Morgan fingerprint density at radius 3 is 2.29 bits per heavy atom. The van der Waals surface area contributed by atoms with Crippen molar-refractivity contribution >= 4 is 11.8 Å². The number of carbonyl (C=O) groups is 2. The van der Waals surface area contributed by atoms with Crippen molar-refractivity contribution in [2.75, 3.05) is 39.8 Å². The minimum Gasteiger partial charge on any atom is -0.342 e. The Balaban J connectivity index is 4.05. The summed E-state index contributed by atoms with van der Waals surface area (Å²) in [5.41, 5.74) is 0. The van der Waals surface area contributed by atoms with E-state index in [0.717, 1.165) is 0 Å². The predicted molar refractivity (Wildman–Crippen MR) is 68.6 cm³/mol. The van der Waals surface area contributed by atoms with E-state index in [1.807, 2.05) is 13.8 Å². The van der Waals surface area contributed by atoms with Gasteiger partial charge in [-0.15, -0.1) is 6.58 Å². The number of rotatable bonds is 8. The molecule has 0 aliphatic heterocycles. The second-order valence-corrected chi connectivity index (χ2v) is 3.74. The van der Waals surface area contributed by atoms with Crippen LogP contribution >= 0.6 is 0 Å². The van der Waals surface area contributed by atoms with Crippen LogP contribution in [-0.2, 0) is 9.59 Å². The molecule has 0 aliphatic carbocycles. The van der Waals surface area contributed by atoms with Crippen molar-refractivity contribution in [1.82, 2.24) is 15.1 Å². The Labute approximate surface area is 103 Å². The molecule has 0 aromatic rings. The first kappa shape index (κ1) is 15.6. The summed E-state index contributed by atoms with van der Waals surface area (Å²) in [6.07, 6.45) is 1.69. The zero-order chi connectivity index (χ0) is 13.3. The molecule has 0 atom stereocenters. The Bertz CT molecular complexity index is 262. The standard InChI is InChI=1S/C12H23N3O2/c1-5-8-13-9-11(16)14(4)10-12(17)15(6-2)7-3/h5,13H,1,6-10H2,2-4H3. The summed E-state index contributed by atoms with van der Waals surface area (Å²) in [7, 11) is 1.64. The molecule has 17 heavy (non-hydrogen) atoms. The quantitative estimate of drug-likeness (QED) is 0.484. The summed E-state index contributed by atoms with van der Waals surface area (Å²) in [6.45, 7) is 9.70. The highest BCUT2D eigenvalue weighted by atomic mass is 16.2. The van der Waals surface area contributed by atoms with Gasteiger partial charge in [-0.25, -0.2) is 0 Å². The molecule has 5 nitrogen and oxygen atoms in total. The largest absolute Gasteiger partial charge is 0.342 e. The molecule has 0 aliphatic rings. The second kappa shape index (κ2) is 8.75. The van der Waals surface area contributed by atoms with Gasteiger partial charge in [-0.2, -0.15) is 0 Å². The summed E-state index contributed by atoms with van der Waals surface area (Å²) in [4.78, 5) is 26.5. The van der Waals surface area contributed by atoms with Crippen LogP contribution in [-0.4, -0.2) is 61.4 Å². The topological polar surface area (TPSA) is 52.7 Å². The molecule has 1 N–H and O–H groups in total. The number of nitrogens with zero attached hydrogens (tertiary/aromatic N) is 2. The van der Waals surface area contributed by atoms with Crippen molar-refractivity contribution in [3.63, 3.8) is 0 Å². The number of hydrogen-bond acceptors (Lipinski definition) is 3. The van der Waals surface area contributed by atoms with E-state index in [9.17, 15) is 9.59 Å². The molecular weight excluding hydrogens is 218 g/mol. The summed E-state index contributed by atoms with van der Waals surface area (Å²) < 4.78 is 0. The molecule has 0 unspecified atom stereocenters. The number of hydrogen-bond donors (Lipinski definition) is 1. The van der Waals surface area contributed by atoms with E-state index >= 15 is 0 Å². The molecule has 0 bridgehead atoms. The van der Waals surface area contributed by atoms with Crippen molar-refractivity contribution in [1.29, 1.82) is 0 Å². The van der Waals surface area contributed by atoms with Crippen LogP contribution in [0.25, 0.3) is 0 Å². The van der Waals surface area contributed by atoms with Crippen molar-refractivity contribution in [2.45, 2.75) is 13.8 Å². The molecule has 0 saturated carbocycles. The highest BCUT2D eigenvalue weighted by Crippen LogP contribution is 1.92. The minimum absolute atomic E-state index is 0.0189. The van der Waals surface area contributed by atoms with Gasteiger partial charge in [0.05, 0.1) is 13.1 Å². The zero-order valence-electron chi connectivity index (χ0n) is 11.0. The van der Waals surface area contributed by atoms with Gasteiger partial charge in [0.2, 0.25) is 11.8 Å². The van der Waals surface area contributed by atoms with E-state index < -0.39 is 0 Å². The molecule has 98 valence electrons. The molecule has 0 heterocycles. The second-order valence-electron chi connectivity index (χ2n) is 3.74. The number of nitrogens with one attached hydrogen (secondary N) is 1. The normalized spacial score (nSPS) is 9.82. The van der Waals surface area contributed by atoms with Crippen LogP contribution in [0.15, 0.2) is 12.7 Å². The van der Waals surface area contributed by atoms with E-state index in [0.29, 0.717) is 19.6 Å². The Morgan fingerprint density at radius 1 is 1.24 bits per heavy atom. The first-order valence-electron chi connectivity index (χ1n) is 5.90. The predicted octanol–water partition coefficient (Wildman–Crippen LogP) is 0.0888. The number of likely N-dealkylation sites (N-methyl/N-ethyl adjacent to an activating group) is 2. The molecule has 5 heteroatoms. The lowest BCUT2D eigenvalue weighted by molar-refractivity contribution is -0.138. The van der Waals surface area contributed by atoms with Gasteiger partial charge in [-0.3, -0.25) is 9.59 Å². The van der Waals surface area contributed by atoms with Gasteiger partial charge >= 0.3 is 0 Å². The number of carbonyl (C=O) groups excluding carboxylic acids is 2. The third-order valence-corrected chi connectivity index (χ3v) is 2.48. The van der Waals surface area contributed by atoms with E-state index in [-0.39, 0.29) is 24.9 Å². The fourth-order valence-electron chi connectivity index (χ4n) is 1.38. The zero-order valence-corrected chi connectivity index (χ0v) is 11.0. The maximum absolute atomic E-state index is 11.7. The summed E-state index contributed by atoms with van der Waals surface area (Å²) in [5.74, 6) is -0.109. The van der Waals surface area contributed by atoms with Gasteiger partial charge in [0.25, 0.3) is 0 Å². The molecule has 2 amide bonds. The lowest BCUT2D eigenvalue weighted by Gasteiger charge is -2.23. The highest BCUT2D eigenvalue weighted by Gasteiger charge is 2.15. The SMILES string of the molecule is C=CCNCC(=O)N(C)CC(=O)N(CC)CC. The van der Waals surface area contributed by atoms with Crippen molar-refractivity contribution < 1.29 is 9.59 Å². The van der Waals surface area contributed by atoms with Gasteiger partial charge in [0, 0.05) is 26.7 Å². The van der Waals surface area contributed by atoms with Gasteiger partial charge in [0.15, 0.2) is 0 Å². The number of amides is 2. The first-order chi connectivity index (χ1) is 8.06. The Morgan fingerprint density at radius 2 is 1.82 bits per heavy atom. The molecule has 0 fully saturated rings. The van der Waals surface area contributed by atoms with Gasteiger partial charge < -0.3 is 15.1 Å². The van der Waals surface area contributed by atoms with Crippen LogP contribution in [0.4, 0.5) is 0 Å². The monoisotopic (exact) mass is 241 g/mol. The fraction of sp³-hybridized carbons (Fsp3) is 0.667. The van der Waals surface area contributed by atoms with Crippen LogP contribution in [0.2, 0.25) is 0 Å². The third-order valence-electron chi connectivity index (χ3n) is 2.48. The molecule has 0 radical (unpaired) electrons. The van der Waals surface area contributed by atoms with E-state index in [2.05, 4.69) is 11.9 Å². The smallest absolute Gasteiger partial charge is 0.242 e. The Kier molecular flexibility index (Phi) is 8.05. The van der Waals surface area contributed by atoms with Crippen LogP contribution < -0.4 is 5.32 Å². The van der Waals surface area contributed by atoms with E-state index in [1.165, 1.54) is 4.90 Å². The fourth-order valence-corrected chi connectivity index (χ4v) is 1.38. The molecule has 0 rings (SSSR count). The van der Waals surface area contributed by atoms with E-state index in [1.54, 1.807) is 18.0 Å². The van der Waals surface area contributed by atoms with Gasteiger partial charge in [0.1, 0.15) is 0 Å². The van der Waals surface area contributed by atoms with Crippen molar-refractivity contribution in [3.05, 3.63) is 12.7 Å². The third kappa shape index (κ3) is 6.06. The van der Waals surface area contributed by atoms with Crippen molar-refractivity contribution in [3.8, 4) is 0 Å². The first-order valence-corrected chi connectivity index (χ1v) is 5.90. The maximum atomic E-state index is 11.7. The van der Waals surface area contributed by atoms with Crippen LogP contribution in [0.3, 0.4) is 0 Å². The molecule has 0 spiro atoms. The Hall–Kier alpha value is -1.36. The molecular formula is C12H23N3O2. The summed E-state index contributed by atoms with van der Waals surface area (Å²) in [5, 5.41) is 2.91.